The van der Waals surface area contributed by atoms with E-state index < -0.39 is 0 Å². The number of amides is 1. The Balaban J connectivity index is 1.82. The highest BCUT2D eigenvalue weighted by molar-refractivity contribution is 9.10. The summed E-state index contributed by atoms with van der Waals surface area (Å²) in [6, 6.07) is 11.6. The van der Waals surface area contributed by atoms with Crippen LogP contribution in [0.4, 0.5) is 0 Å². The maximum absolute atomic E-state index is 11.9. The lowest BCUT2D eigenvalue weighted by molar-refractivity contribution is -0.120. The lowest BCUT2D eigenvalue weighted by atomic mass is 10.2. The zero-order valence-electron chi connectivity index (χ0n) is 14.7. The molecule has 0 saturated carbocycles. The van der Waals surface area contributed by atoms with Crippen LogP contribution in [0.15, 0.2) is 50.9 Å². The van der Waals surface area contributed by atoms with Crippen molar-refractivity contribution >= 4 is 39.8 Å². The van der Waals surface area contributed by atoms with Crippen molar-refractivity contribution < 1.29 is 14.6 Å². The first-order valence-corrected chi connectivity index (χ1v) is 9.94. The summed E-state index contributed by atoms with van der Waals surface area (Å²) in [6.45, 7) is 4.32. The quantitative estimate of drug-likeness (QED) is 0.363. The van der Waals surface area contributed by atoms with Crippen LogP contribution in [0.5, 0.6) is 11.5 Å². The number of carbonyl (C=O) groups is 1. The van der Waals surface area contributed by atoms with Gasteiger partial charge in [-0.15, -0.1) is 11.8 Å². The molecule has 138 valence electrons. The normalized spacial score (nSPS) is 10.9. The highest BCUT2D eigenvalue weighted by Gasteiger charge is 2.08. The Morgan fingerprint density at radius 3 is 2.77 bits per heavy atom. The van der Waals surface area contributed by atoms with Crippen LogP contribution in [0.3, 0.4) is 0 Å². The monoisotopic (exact) mass is 436 g/mol. The molecule has 0 atom stereocenters. The molecule has 0 unspecified atom stereocenters. The molecule has 26 heavy (non-hydrogen) atoms. The number of nitrogens with zero attached hydrogens (tertiary/aromatic N) is 1. The van der Waals surface area contributed by atoms with Crippen molar-refractivity contribution in [2.75, 3.05) is 12.4 Å². The molecule has 0 bridgehead atoms. The third-order valence-electron chi connectivity index (χ3n) is 3.37. The number of phenols is 1. The number of carbonyl (C=O) groups excluding carboxylic acids is 1. The fraction of sp³-hybridized carbons (Fsp3) is 0.263. The third-order valence-corrected chi connectivity index (χ3v) is 4.99. The van der Waals surface area contributed by atoms with Crippen molar-refractivity contribution in [3.05, 3.63) is 52.0 Å². The number of aromatic hydroxyl groups is 1. The third kappa shape index (κ3) is 6.38. The van der Waals surface area contributed by atoms with Crippen LogP contribution in [0.25, 0.3) is 0 Å². The molecule has 2 aromatic rings. The number of halogens is 1. The van der Waals surface area contributed by atoms with Crippen LogP contribution >= 0.6 is 27.7 Å². The second kappa shape index (κ2) is 10.2. The fourth-order valence-corrected chi connectivity index (χ4v) is 3.38. The van der Waals surface area contributed by atoms with Crippen LogP contribution < -0.4 is 10.2 Å². The number of hydrogen-bond acceptors (Lipinski definition) is 5. The molecule has 0 aliphatic heterocycles. The van der Waals surface area contributed by atoms with Crippen molar-refractivity contribution in [1.82, 2.24) is 5.43 Å². The zero-order chi connectivity index (χ0) is 18.9. The maximum Gasteiger partial charge on any atom is 0.240 e. The number of nitrogens with one attached hydrogen (secondary N) is 1. The van der Waals surface area contributed by atoms with Gasteiger partial charge in [0.25, 0.3) is 0 Å². The molecule has 5 nitrogen and oxygen atoms in total. The second-order valence-corrected chi connectivity index (χ2v) is 7.51. The van der Waals surface area contributed by atoms with E-state index in [4.69, 9.17) is 4.74 Å². The van der Waals surface area contributed by atoms with E-state index in [1.165, 1.54) is 11.8 Å². The minimum Gasteiger partial charge on any atom is -0.503 e. The Morgan fingerprint density at radius 2 is 2.08 bits per heavy atom. The average Bonchev–Trinajstić information content (AvgIpc) is 2.61. The molecule has 2 rings (SSSR count). The van der Waals surface area contributed by atoms with Gasteiger partial charge in [0.05, 0.1) is 17.3 Å². The van der Waals surface area contributed by atoms with Crippen LogP contribution in [0, 0.1) is 6.92 Å². The molecule has 0 aromatic heterocycles. The number of thioether (sulfide) groups is 1. The van der Waals surface area contributed by atoms with Crippen LogP contribution in [0.1, 0.15) is 24.5 Å². The molecule has 2 N–H and O–H groups in total. The van der Waals surface area contributed by atoms with E-state index in [0.29, 0.717) is 34.6 Å². The Bertz CT molecular complexity index is 779. The number of hydrazone groups is 1. The number of aryl methyl sites for hydroxylation is 1. The van der Waals surface area contributed by atoms with Crippen molar-refractivity contribution in [3.8, 4) is 11.5 Å². The first kappa shape index (κ1) is 20.3. The molecule has 0 fully saturated rings. The molecule has 0 saturated heterocycles. The first-order valence-electron chi connectivity index (χ1n) is 8.16. The molecule has 0 aliphatic carbocycles. The van der Waals surface area contributed by atoms with E-state index in [0.717, 1.165) is 4.90 Å². The van der Waals surface area contributed by atoms with Crippen molar-refractivity contribution in [2.24, 2.45) is 5.10 Å². The number of hydrogen-bond donors (Lipinski definition) is 2. The first-order chi connectivity index (χ1) is 12.5. The Morgan fingerprint density at radius 1 is 1.35 bits per heavy atom. The summed E-state index contributed by atoms with van der Waals surface area (Å²) in [5, 5.41) is 13.8. The van der Waals surface area contributed by atoms with E-state index in [-0.39, 0.29) is 11.7 Å². The smallest absolute Gasteiger partial charge is 0.240 e. The molecule has 0 aliphatic rings. The highest BCUT2D eigenvalue weighted by Crippen LogP contribution is 2.35. The molecule has 0 radical (unpaired) electrons. The number of phenolic OH excluding ortho intramolecular Hbond substituents is 1. The van der Waals surface area contributed by atoms with Crippen LogP contribution in [-0.2, 0) is 4.79 Å². The van der Waals surface area contributed by atoms with E-state index in [9.17, 15) is 9.90 Å². The van der Waals surface area contributed by atoms with Gasteiger partial charge in [-0.05, 0) is 59.6 Å². The van der Waals surface area contributed by atoms with Gasteiger partial charge in [0.2, 0.25) is 5.91 Å². The summed E-state index contributed by atoms with van der Waals surface area (Å²) >= 11 is 4.90. The molecule has 0 heterocycles. The lowest BCUT2D eigenvalue weighted by Crippen LogP contribution is -2.17. The highest BCUT2D eigenvalue weighted by atomic mass is 79.9. The Labute approximate surface area is 166 Å². The SMILES string of the molecule is CCOc1cc(/C=N\NC(=O)CCSc2ccc(C)cc2)cc(Br)c1O. The number of benzene rings is 2. The summed E-state index contributed by atoms with van der Waals surface area (Å²) < 4.78 is 5.86. The second-order valence-electron chi connectivity index (χ2n) is 5.49. The predicted molar refractivity (Wildman–Crippen MR) is 109 cm³/mol. The van der Waals surface area contributed by atoms with Gasteiger partial charge in [0.15, 0.2) is 11.5 Å². The van der Waals surface area contributed by atoms with Gasteiger partial charge in [0, 0.05) is 17.1 Å². The van der Waals surface area contributed by atoms with Gasteiger partial charge < -0.3 is 9.84 Å². The topological polar surface area (TPSA) is 70.9 Å². The lowest BCUT2D eigenvalue weighted by Gasteiger charge is -2.08. The van der Waals surface area contributed by atoms with Gasteiger partial charge >= 0.3 is 0 Å². The van der Waals surface area contributed by atoms with E-state index >= 15 is 0 Å². The standard InChI is InChI=1S/C19H21BrN2O3S/c1-3-25-17-11-14(10-16(20)19(17)24)12-21-22-18(23)8-9-26-15-6-4-13(2)5-7-15/h4-7,10-12,24H,3,8-9H2,1-2H3,(H,22,23)/b21-12-. The van der Waals surface area contributed by atoms with Crippen LogP contribution in [-0.4, -0.2) is 29.6 Å². The Kier molecular flexibility index (Phi) is 8.00. The van der Waals surface area contributed by atoms with E-state index in [1.807, 2.05) is 13.8 Å². The van der Waals surface area contributed by atoms with E-state index in [1.54, 1.807) is 23.9 Å². The number of ether oxygens (including phenoxy) is 1. The summed E-state index contributed by atoms with van der Waals surface area (Å²) in [6.07, 6.45) is 1.89. The molecule has 7 heteroatoms. The summed E-state index contributed by atoms with van der Waals surface area (Å²) in [5.41, 5.74) is 4.43. The van der Waals surface area contributed by atoms with Gasteiger partial charge in [-0.1, -0.05) is 17.7 Å². The van der Waals surface area contributed by atoms with Crippen molar-refractivity contribution in [3.63, 3.8) is 0 Å². The van der Waals surface area contributed by atoms with Gasteiger partial charge in [-0.3, -0.25) is 4.79 Å². The van der Waals surface area contributed by atoms with Crippen molar-refractivity contribution in [2.45, 2.75) is 25.2 Å². The fourth-order valence-electron chi connectivity index (χ4n) is 2.06. The van der Waals surface area contributed by atoms with Gasteiger partial charge in [-0.25, -0.2) is 5.43 Å². The molecular weight excluding hydrogens is 416 g/mol. The van der Waals surface area contributed by atoms with Crippen LogP contribution in [0.2, 0.25) is 0 Å². The Hall–Kier alpha value is -1.99. The zero-order valence-corrected chi connectivity index (χ0v) is 17.1. The summed E-state index contributed by atoms with van der Waals surface area (Å²) in [7, 11) is 0. The van der Waals surface area contributed by atoms with Gasteiger partial charge in [-0.2, -0.15) is 5.10 Å². The maximum atomic E-state index is 11.9. The molecule has 0 spiro atoms. The summed E-state index contributed by atoms with van der Waals surface area (Å²) in [4.78, 5) is 13.0. The van der Waals surface area contributed by atoms with Gasteiger partial charge in [0.1, 0.15) is 0 Å². The largest absolute Gasteiger partial charge is 0.503 e. The van der Waals surface area contributed by atoms with Crippen molar-refractivity contribution in [1.29, 1.82) is 0 Å². The molecule has 1 amide bonds. The molecular formula is C19H21BrN2O3S. The van der Waals surface area contributed by atoms with E-state index in [2.05, 4.69) is 50.7 Å². The minimum absolute atomic E-state index is 0.0427. The molecule has 2 aromatic carbocycles. The minimum atomic E-state index is -0.149. The number of rotatable bonds is 8. The predicted octanol–water partition coefficient (Wildman–Crippen LogP) is 4.49. The summed E-state index contributed by atoms with van der Waals surface area (Å²) in [5.74, 6) is 0.943. The average molecular weight is 437 g/mol.